The van der Waals surface area contributed by atoms with Crippen molar-refractivity contribution >= 4 is 58.5 Å². The summed E-state index contributed by atoms with van der Waals surface area (Å²) in [6.45, 7) is 0. The predicted octanol–water partition coefficient (Wildman–Crippen LogP) is 0.00280. The molecule has 0 atom stereocenters. The Bertz CT molecular complexity index is 162. The second kappa shape index (κ2) is 6.30. The van der Waals surface area contributed by atoms with Crippen LogP contribution in [0.15, 0.2) is 0 Å². The summed E-state index contributed by atoms with van der Waals surface area (Å²) in [5.74, 6) is 0. The molecule has 0 aliphatic rings. The maximum absolute atomic E-state index is 5.17. The quantitative estimate of drug-likeness (QED) is 0.529. The van der Waals surface area contributed by atoms with Crippen LogP contribution >= 0.6 is 24.4 Å². The van der Waals surface area contributed by atoms with Gasteiger partial charge in [0, 0.05) is 0 Å². The van der Waals surface area contributed by atoms with Crippen LogP contribution in [0, 0.1) is 0 Å². The topological polar surface area (TPSA) is 6.48 Å². The molecule has 0 aromatic carbocycles. The third kappa shape index (κ3) is 5.46. The van der Waals surface area contributed by atoms with Crippen molar-refractivity contribution in [1.82, 2.24) is 9.80 Å². The third-order valence-corrected chi connectivity index (χ3v) is 11.6. The summed E-state index contributed by atoms with van der Waals surface area (Å²) < 4.78 is 2.10. The summed E-state index contributed by atoms with van der Waals surface area (Å²) in [4.78, 5) is 3.99. The number of nitrogens with zero attached hydrogens (tertiary/aromatic N) is 2. The first-order chi connectivity index (χ1) is 5.45. The van der Waals surface area contributed by atoms with Gasteiger partial charge in [-0.05, 0) is 0 Å². The van der Waals surface area contributed by atoms with E-state index in [9.17, 15) is 0 Å². The molecule has 2 nitrogen and oxygen atoms in total. The van der Waals surface area contributed by atoms with Crippen molar-refractivity contribution in [2.24, 2.45) is 0 Å². The van der Waals surface area contributed by atoms with Crippen LogP contribution in [-0.2, 0) is 0 Å². The molecule has 0 aromatic heterocycles. The third-order valence-electron chi connectivity index (χ3n) is 0.915. The fourth-order valence-corrected chi connectivity index (χ4v) is 7.79. The van der Waals surface area contributed by atoms with Crippen LogP contribution in [0.1, 0.15) is 0 Å². The first-order valence-electron chi connectivity index (χ1n) is 3.22. The van der Waals surface area contributed by atoms with Crippen molar-refractivity contribution in [2.75, 3.05) is 28.2 Å². The number of hydrogen-bond donors (Lipinski definition) is 0. The molecule has 0 spiro atoms. The SMILES string of the molecule is CN(C)C(=S)[Se][Se]C(=S)N(C)C. The normalized spacial score (nSPS) is 9.33. The van der Waals surface area contributed by atoms with Crippen LogP contribution in [0.5, 0.6) is 0 Å². The van der Waals surface area contributed by atoms with E-state index in [4.69, 9.17) is 24.4 Å². The average molecular weight is 334 g/mol. The fraction of sp³-hybridized carbons (Fsp3) is 0.667. The van der Waals surface area contributed by atoms with Gasteiger partial charge in [-0.3, -0.25) is 0 Å². The van der Waals surface area contributed by atoms with Crippen LogP contribution in [0.4, 0.5) is 0 Å². The summed E-state index contributed by atoms with van der Waals surface area (Å²) in [6, 6.07) is 0. The van der Waals surface area contributed by atoms with Gasteiger partial charge in [-0.2, -0.15) is 0 Å². The van der Waals surface area contributed by atoms with Gasteiger partial charge in [0.05, 0.1) is 0 Å². The number of thiocarbonyl (C=S) groups is 2. The second-order valence-electron chi connectivity index (χ2n) is 2.49. The number of rotatable bonds is 3. The molecular formula is C6H12N2S2Se2. The van der Waals surface area contributed by atoms with Crippen LogP contribution in [0.25, 0.3) is 0 Å². The van der Waals surface area contributed by atoms with Crippen LogP contribution < -0.4 is 0 Å². The Kier molecular flexibility index (Phi) is 6.73. The molecule has 0 unspecified atom stereocenters. The zero-order valence-electron chi connectivity index (χ0n) is 7.53. The molecule has 0 heterocycles. The van der Waals surface area contributed by atoms with Crippen molar-refractivity contribution in [3.8, 4) is 0 Å². The summed E-state index contributed by atoms with van der Waals surface area (Å²) in [7, 11) is 7.94. The zero-order valence-corrected chi connectivity index (χ0v) is 12.6. The summed E-state index contributed by atoms with van der Waals surface area (Å²) in [6.07, 6.45) is 0. The van der Waals surface area contributed by atoms with Gasteiger partial charge in [-0.25, -0.2) is 0 Å². The molecule has 12 heavy (non-hydrogen) atoms. The molecular weight excluding hydrogens is 322 g/mol. The molecule has 0 saturated carbocycles. The van der Waals surface area contributed by atoms with Gasteiger partial charge in [-0.1, -0.05) is 0 Å². The van der Waals surface area contributed by atoms with Crippen LogP contribution in [-0.4, -0.2) is 72.0 Å². The van der Waals surface area contributed by atoms with Crippen LogP contribution in [0.3, 0.4) is 0 Å². The summed E-state index contributed by atoms with van der Waals surface area (Å²) in [5, 5.41) is 0. The van der Waals surface area contributed by atoms with Crippen molar-refractivity contribution in [2.45, 2.75) is 0 Å². The minimum absolute atomic E-state index is 0.396. The molecule has 0 aromatic rings. The Labute approximate surface area is 95.9 Å². The van der Waals surface area contributed by atoms with Crippen molar-refractivity contribution in [3.63, 3.8) is 0 Å². The Morgan fingerprint density at radius 2 is 1.08 bits per heavy atom. The standard InChI is InChI=1S/C6H12N2S2Se2/c1-7(2)5(9)11-12-6(10)8(3)4/h1-4H3. The Morgan fingerprint density at radius 3 is 1.25 bits per heavy atom. The van der Waals surface area contributed by atoms with Crippen molar-refractivity contribution in [1.29, 1.82) is 0 Å². The molecule has 0 N–H and O–H groups in total. The Morgan fingerprint density at radius 1 is 0.833 bits per heavy atom. The Hall–Kier alpha value is 0.819. The Balaban J connectivity index is 3.69. The monoisotopic (exact) mass is 336 g/mol. The molecule has 0 bridgehead atoms. The second-order valence-corrected chi connectivity index (χ2v) is 10.4. The molecule has 0 amide bonds. The van der Waals surface area contributed by atoms with Gasteiger partial charge in [0.15, 0.2) is 0 Å². The van der Waals surface area contributed by atoms with E-state index < -0.39 is 0 Å². The zero-order chi connectivity index (χ0) is 9.72. The molecule has 6 heteroatoms. The van der Waals surface area contributed by atoms with Gasteiger partial charge >= 0.3 is 96.5 Å². The fourth-order valence-electron chi connectivity index (χ4n) is 0.220. The average Bonchev–Trinajstić information content (AvgIpc) is 1.98. The molecule has 0 aliphatic carbocycles. The molecule has 0 aliphatic heterocycles. The van der Waals surface area contributed by atoms with E-state index in [1.165, 1.54) is 0 Å². The molecule has 0 saturated heterocycles. The van der Waals surface area contributed by atoms with E-state index in [2.05, 4.69) is 0 Å². The molecule has 0 radical (unpaired) electrons. The van der Waals surface area contributed by atoms with Gasteiger partial charge in [-0.15, -0.1) is 0 Å². The van der Waals surface area contributed by atoms with E-state index >= 15 is 0 Å². The van der Waals surface area contributed by atoms with Gasteiger partial charge in [0.1, 0.15) is 0 Å². The van der Waals surface area contributed by atoms with Gasteiger partial charge in [0.2, 0.25) is 0 Å². The van der Waals surface area contributed by atoms with Crippen LogP contribution in [0.2, 0.25) is 0 Å². The van der Waals surface area contributed by atoms with E-state index in [1.807, 2.05) is 38.0 Å². The first kappa shape index (κ1) is 12.8. The van der Waals surface area contributed by atoms with Crippen molar-refractivity contribution in [3.05, 3.63) is 0 Å². The maximum atomic E-state index is 5.17. The van der Waals surface area contributed by atoms with Gasteiger partial charge < -0.3 is 0 Å². The van der Waals surface area contributed by atoms with E-state index in [0.717, 1.165) is 7.77 Å². The van der Waals surface area contributed by atoms with Crippen molar-refractivity contribution < 1.29 is 0 Å². The van der Waals surface area contributed by atoms with Gasteiger partial charge in [0.25, 0.3) is 0 Å². The van der Waals surface area contributed by atoms with E-state index in [0.29, 0.717) is 26.3 Å². The predicted molar refractivity (Wildman–Crippen MR) is 64.1 cm³/mol. The molecule has 0 rings (SSSR count). The molecule has 0 fully saturated rings. The van der Waals surface area contributed by atoms with E-state index in [1.54, 1.807) is 0 Å². The summed E-state index contributed by atoms with van der Waals surface area (Å²) in [5.41, 5.74) is 0. The number of hydrogen-bond acceptors (Lipinski definition) is 2. The van der Waals surface area contributed by atoms with E-state index in [-0.39, 0.29) is 0 Å². The minimum atomic E-state index is 0.396. The first-order valence-corrected chi connectivity index (χ1v) is 10.1. The summed E-state index contributed by atoms with van der Waals surface area (Å²) >= 11 is 11.1. The molecule has 70 valence electrons.